The summed E-state index contributed by atoms with van der Waals surface area (Å²) in [5, 5.41) is 25.7. The smallest absolute Gasteiger partial charge is 0.407 e. The van der Waals surface area contributed by atoms with Gasteiger partial charge in [-0.05, 0) is 58.1 Å². The Balaban J connectivity index is 2.13. The van der Waals surface area contributed by atoms with Gasteiger partial charge in [0.1, 0.15) is 24.3 Å². The summed E-state index contributed by atoms with van der Waals surface area (Å²) in [6.07, 6.45) is 1.23. The second kappa shape index (κ2) is 12.8. The summed E-state index contributed by atoms with van der Waals surface area (Å²) >= 11 is 0. The van der Waals surface area contributed by atoms with Crippen molar-refractivity contribution in [1.29, 1.82) is 0 Å². The number of ether oxygens (including phenoxy) is 2. The number of carboxylic acid groups (broad SMARTS) is 2. The molecule has 0 fully saturated rings. The van der Waals surface area contributed by atoms with Crippen molar-refractivity contribution in [3.05, 3.63) is 64.1 Å². The lowest BCUT2D eigenvalue weighted by Crippen LogP contribution is -2.32. The van der Waals surface area contributed by atoms with E-state index in [0.717, 1.165) is 38.8 Å². The molecule has 3 N–H and O–H groups in total. The molecule has 41 heavy (non-hydrogen) atoms. The summed E-state index contributed by atoms with van der Waals surface area (Å²) in [4.78, 5) is 40.5. The van der Waals surface area contributed by atoms with Crippen molar-refractivity contribution in [2.75, 3.05) is 0 Å². The van der Waals surface area contributed by atoms with Gasteiger partial charge in [0.2, 0.25) is 5.88 Å². The lowest BCUT2D eigenvalue weighted by atomic mass is 9.90. The van der Waals surface area contributed by atoms with Gasteiger partial charge >= 0.3 is 18.0 Å². The Bertz CT molecular complexity index is 1420. The van der Waals surface area contributed by atoms with Gasteiger partial charge in [-0.25, -0.2) is 9.59 Å². The van der Waals surface area contributed by atoms with Crippen molar-refractivity contribution in [1.82, 2.24) is 20.1 Å². The number of nitrogens with zero attached hydrogens (tertiary/aromatic N) is 3. The van der Waals surface area contributed by atoms with Crippen molar-refractivity contribution < 1.29 is 34.1 Å². The van der Waals surface area contributed by atoms with Crippen LogP contribution in [0.15, 0.2) is 30.5 Å². The van der Waals surface area contributed by atoms with Crippen LogP contribution in [0, 0.1) is 19.8 Å². The molecule has 1 aromatic carbocycles. The monoisotopic (exact) mass is 566 g/mol. The van der Waals surface area contributed by atoms with Crippen molar-refractivity contribution >= 4 is 18.0 Å². The Hall–Kier alpha value is -4.41. The average Bonchev–Trinajstić information content (AvgIpc) is 3.23. The van der Waals surface area contributed by atoms with Crippen LogP contribution in [-0.4, -0.2) is 48.6 Å². The molecule has 0 aliphatic heterocycles. The maximum atomic E-state index is 12.6. The minimum absolute atomic E-state index is 0.0895. The third-order valence-corrected chi connectivity index (χ3v) is 6.05. The van der Waals surface area contributed by atoms with E-state index in [9.17, 15) is 19.5 Å². The zero-order valence-electron chi connectivity index (χ0n) is 24.6. The number of aromatic carboxylic acids is 1. The van der Waals surface area contributed by atoms with Crippen molar-refractivity contribution in [3.8, 4) is 17.0 Å². The molecule has 220 valence electrons. The van der Waals surface area contributed by atoms with Gasteiger partial charge in [0.05, 0.1) is 0 Å². The van der Waals surface area contributed by atoms with E-state index in [-0.39, 0.29) is 30.5 Å². The Morgan fingerprint density at radius 3 is 2.27 bits per heavy atom. The van der Waals surface area contributed by atoms with E-state index in [1.54, 1.807) is 20.8 Å². The SMILES string of the molecule is Cc1ccc(-c2c(COc3nn(CC(=O)O)cc3C(=O)O)c(C)nc(CC(C)C)c2CNC(=O)OC(C)(C)C)cc1. The molecule has 3 aromatic rings. The summed E-state index contributed by atoms with van der Waals surface area (Å²) in [5.74, 6) is -2.38. The number of alkyl carbamates (subject to hydrolysis) is 1. The van der Waals surface area contributed by atoms with E-state index in [1.807, 2.05) is 38.1 Å². The standard InChI is InChI=1S/C30H38N4O7/c1-17(2)12-24-21(13-31-29(39)41-30(5,6)7)26(20-10-8-18(3)9-11-20)23(19(4)32-24)16-40-27-22(28(37)38)14-34(33-27)15-25(35)36/h8-11,14,17H,12-13,15-16H2,1-7H3,(H,31,39)(H,35,36)(H,37,38). The molecule has 0 aliphatic carbocycles. The summed E-state index contributed by atoms with van der Waals surface area (Å²) in [7, 11) is 0. The first-order chi connectivity index (χ1) is 19.1. The molecule has 3 rings (SSSR count). The number of aliphatic carboxylic acids is 1. The minimum atomic E-state index is -1.29. The minimum Gasteiger partial charge on any atom is -0.480 e. The van der Waals surface area contributed by atoms with Crippen molar-refractivity contribution in [3.63, 3.8) is 0 Å². The fourth-order valence-corrected chi connectivity index (χ4v) is 4.33. The van der Waals surface area contributed by atoms with E-state index >= 15 is 0 Å². The Morgan fingerprint density at radius 2 is 1.71 bits per heavy atom. The number of benzene rings is 1. The molecule has 2 aromatic heterocycles. The predicted molar refractivity (Wildman–Crippen MR) is 152 cm³/mol. The molecule has 0 saturated carbocycles. The van der Waals surface area contributed by atoms with E-state index in [2.05, 4.69) is 24.3 Å². The van der Waals surface area contributed by atoms with Crippen LogP contribution >= 0.6 is 0 Å². The number of pyridine rings is 1. The second-order valence-corrected chi connectivity index (χ2v) is 11.3. The molecule has 11 heteroatoms. The molecule has 0 spiro atoms. The lowest BCUT2D eigenvalue weighted by molar-refractivity contribution is -0.137. The molecular formula is C30H38N4O7. The number of carbonyl (C=O) groups excluding carboxylic acids is 1. The first-order valence-corrected chi connectivity index (χ1v) is 13.3. The molecule has 0 atom stereocenters. The number of carboxylic acids is 2. The topological polar surface area (TPSA) is 153 Å². The molecule has 0 saturated heterocycles. The number of carbonyl (C=O) groups is 3. The van der Waals surface area contributed by atoms with Gasteiger partial charge in [-0.3, -0.25) is 14.5 Å². The maximum absolute atomic E-state index is 12.6. The van der Waals surface area contributed by atoms with Crippen molar-refractivity contribution in [2.24, 2.45) is 5.92 Å². The van der Waals surface area contributed by atoms with E-state index in [4.69, 9.17) is 19.6 Å². The fourth-order valence-electron chi connectivity index (χ4n) is 4.33. The Labute approximate surface area is 239 Å². The van der Waals surface area contributed by atoms with Gasteiger partial charge < -0.3 is 25.0 Å². The maximum Gasteiger partial charge on any atom is 0.407 e. The summed E-state index contributed by atoms with van der Waals surface area (Å²) in [6, 6.07) is 7.93. The number of aromatic nitrogens is 3. The molecular weight excluding hydrogens is 528 g/mol. The van der Waals surface area contributed by atoms with Crippen molar-refractivity contribution in [2.45, 2.75) is 80.2 Å². The molecule has 11 nitrogen and oxygen atoms in total. The summed E-state index contributed by atoms with van der Waals surface area (Å²) in [6.45, 7) is 12.9. The highest BCUT2D eigenvalue weighted by Gasteiger charge is 2.24. The predicted octanol–water partition coefficient (Wildman–Crippen LogP) is 5.15. The first kappa shape index (κ1) is 31.1. The van der Waals surface area contributed by atoms with Crippen LogP contribution < -0.4 is 10.1 Å². The number of hydrogen-bond donors (Lipinski definition) is 3. The third-order valence-electron chi connectivity index (χ3n) is 6.05. The molecule has 0 radical (unpaired) electrons. The normalized spacial score (nSPS) is 11.4. The van der Waals surface area contributed by atoms with Crippen LogP contribution in [0.3, 0.4) is 0 Å². The number of amides is 1. The van der Waals surface area contributed by atoms with Crippen LogP contribution in [0.1, 0.15) is 73.1 Å². The zero-order chi connectivity index (χ0) is 30.5. The fraction of sp³-hybridized carbons (Fsp3) is 0.433. The van der Waals surface area contributed by atoms with Crippen LogP contribution in [-0.2, 0) is 35.6 Å². The zero-order valence-corrected chi connectivity index (χ0v) is 24.6. The van der Waals surface area contributed by atoms with Gasteiger partial charge in [0.15, 0.2) is 0 Å². The molecule has 2 heterocycles. The first-order valence-electron chi connectivity index (χ1n) is 13.3. The van der Waals surface area contributed by atoms with E-state index < -0.39 is 30.2 Å². The van der Waals surface area contributed by atoms with Crippen LogP contribution in [0.2, 0.25) is 0 Å². The number of rotatable bonds is 11. The van der Waals surface area contributed by atoms with Crippen LogP contribution in [0.25, 0.3) is 11.1 Å². The summed E-state index contributed by atoms with van der Waals surface area (Å²) in [5.41, 5.74) is 4.83. The largest absolute Gasteiger partial charge is 0.480 e. The molecule has 0 unspecified atom stereocenters. The summed E-state index contributed by atoms with van der Waals surface area (Å²) < 4.78 is 12.4. The van der Waals surface area contributed by atoms with E-state index in [1.165, 1.54) is 0 Å². The van der Waals surface area contributed by atoms with E-state index in [0.29, 0.717) is 17.7 Å². The van der Waals surface area contributed by atoms with Gasteiger partial charge in [-0.1, -0.05) is 43.7 Å². The van der Waals surface area contributed by atoms with Crippen LogP contribution in [0.4, 0.5) is 4.79 Å². The number of nitrogens with one attached hydrogen (secondary N) is 1. The number of aryl methyl sites for hydroxylation is 2. The highest BCUT2D eigenvalue weighted by molar-refractivity contribution is 5.90. The highest BCUT2D eigenvalue weighted by atomic mass is 16.6. The Morgan fingerprint density at radius 1 is 1.05 bits per heavy atom. The molecule has 1 amide bonds. The second-order valence-electron chi connectivity index (χ2n) is 11.3. The van der Waals surface area contributed by atoms with Gasteiger partial charge in [-0.2, -0.15) is 0 Å². The third kappa shape index (κ3) is 8.54. The average molecular weight is 567 g/mol. The van der Waals surface area contributed by atoms with Crippen LogP contribution in [0.5, 0.6) is 5.88 Å². The molecule has 0 aliphatic rings. The molecule has 0 bridgehead atoms. The van der Waals surface area contributed by atoms with Gasteiger partial charge in [0.25, 0.3) is 0 Å². The van der Waals surface area contributed by atoms with Gasteiger partial charge in [0, 0.05) is 35.3 Å². The lowest BCUT2D eigenvalue weighted by Gasteiger charge is -2.23. The quantitative estimate of drug-likeness (QED) is 0.286. The highest BCUT2D eigenvalue weighted by Crippen LogP contribution is 2.34. The van der Waals surface area contributed by atoms with Gasteiger partial charge in [-0.15, -0.1) is 5.10 Å². The number of hydrogen-bond acceptors (Lipinski definition) is 7. The Kier molecular flexibility index (Phi) is 9.75.